The van der Waals surface area contributed by atoms with Crippen molar-refractivity contribution in [2.45, 2.75) is 6.92 Å². The molecule has 0 saturated heterocycles. The standard InChI is InChI=1S/C21H14Cl2N2O6S/c1-10(17-18(27)19(32-20(17)23)12-3-2-4-13(22)7-12)24-9-16(26)11-5-6-14(21(28)29)15(8-11)25(30)31/h2-8,27H,9H2,1H3,(H,28,29). The fraction of sp³-hybridized carbons (Fsp3) is 0.0952. The number of aliphatic imine (C=N–C) groups is 1. The number of carboxylic acids is 1. The number of nitro groups is 1. The summed E-state index contributed by atoms with van der Waals surface area (Å²) in [7, 11) is 0. The van der Waals surface area contributed by atoms with Gasteiger partial charge in [0.25, 0.3) is 5.69 Å². The highest BCUT2D eigenvalue weighted by atomic mass is 35.5. The van der Waals surface area contributed by atoms with Gasteiger partial charge in [-0.25, -0.2) is 4.79 Å². The van der Waals surface area contributed by atoms with E-state index in [4.69, 9.17) is 28.3 Å². The summed E-state index contributed by atoms with van der Waals surface area (Å²) in [5.74, 6) is -2.13. The first-order valence-corrected chi connectivity index (χ1v) is 10.5. The molecule has 0 unspecified atom stereocenters. The Morgan fingerprint density at radius 1 is 1.19 bits per heavy atom. The van der Waals surface area contributed by atoms with Gasteiger partial charge in [0.15, 0.2) is 5.78 Å². The summed E-state index contributed by atoms with van der Waals surface area (Å²) in [6.45, 7) is 1.19. The second-order valence-corrected chi connectivity index (χ2v) is 8.62. The molecule has 0 radical (unpaired) electrons. The van der Waals surface area contributed by atoms with Crippen LogP contribution in [-0.2, 0) is 0 Å². The fourth-order valence-electron chi connectivity index (χ4n) is 2.93. The second kappa shape index (κ2) is 9.47. The van der Waals surface area contributed by atoms with Crippen LogP contribution in [0.2, 0.25) is 9.36 Å². The third-order valence-corrected chi connectivity index (χ3v) is 6.17. The lowest BCUT2D eigenvalue weighted by molar-refractivity contribution is -0.385. The quantitative estimate of drug-likeness (QED) is 0.187. The van der Waals surface area contributed by atoms with Gasteiger partial charge in [0.1, 0.15) is 22.2 Å². The predicted molar refractivity (Wildman–Crippen MR) is 123 cm³/mol. The molecule has 0 spiro atoms. The molecule has 0 atom stereocenters. The summed E-state index contributed by atoms with van der Waals surface area (Å²) in [4.78, 5) is 38.5. The maximum Gasteiger partial charge on any atom is 0.342 e. The molecule has 8 nitrogen and oxygen atoms in total. The van der Waals surface area contributed by atoms with Crippen LogP contribution in [0.25, 0.3) is 10.4 Å². The van der Waals surface area contributed by atoms with Gasteiger partial charge in [0.2, 0.25) is 0 Å². The molecule has 0 bridgehead atoms. The zero-order valence-electron chi connectivity index (χ0n) is 16.3. The summed E-state index contributed by atoms with van der Waals surface area (Å²) < 4.78 is 0.271. The van der Waals surface area contributed by atoms with E-state index in [9.17, 15) is 24.8 Å². The van der Waals surface area contributed by atoms with E-state index >= 15 is 0 Å². The zero-order chi connectivity index (χ0) is 23.6. The van der Waals surface area contributed by atoms with Crippen LogP contribution < -0.4 is 0 Å². The minimum atomic E-state index is -1.47. The molecule has 2 aromatic carbocycles. The number of halogens is 2. The Morgan fingerprint density at radius 3 is 2.53 bits per heavy atom. The normalized spacial score (nSPS) is 11.4. The number of carbonyl (C=O) groups excluding carboxylic acids is 1. The maximum atomic E-state index is 12.5. The zero-order valence-corrected chi connectivity index (χ0v) is 18.7. The molecule has 0 aliphatic heterocycles. The first-order chi connectivity index (χ1) is 15.1. The highest BCUT2D eigenvalue weighted by Gasteiger charge is 2.23. The summed E-state index contributed by atoms with van der Waals surface area (Å²) in [5, 5.41) is 31.3. The van der Waals surface area contributed by atoms with Crippen LogP contribution in [-0.4, -0.2) is 39.1 Å². The number of ketones is 1. The van der Waals surface area contributed by atoms with Crippen molar-refractivity contribution in [2.24, 2.45) is 4.99 Å². The van der Waals surface area contributed by atoms with Crippen molar-refractivity contribution in [3.8, 4) is 16.2 Å². The minimum absolute atomic E-state index is 0.0569. The van der Waals surface area contributed by atoms with Crippen molar-refractivity contribution in [2.75, 3.05) is 6.54 Å². The third kappa shape index (κ3) is 4.80. The van der Waals surface area contributed by atoms with Crippen LogP contribution >= 0.6 is 34.5 Å². The summed E-state index contributed by atoms with van der Waals surface area (Å²) in [6.07, 6.45) is 0. The molecule has 3 aromatic rings. The monoisotopic (exact) mass is 492 g/mol. The largest absolute Gasteiger partial charge is 0.506 e. The molecule has 2 N–H and O–H groups in total. The first-order valence-electron chi connectivity index (χ1n) is 8.93. The van der Waals surface area contributed by atoms with Crippen molar-refractivity contribution >= 4 is 57.7 Å². The second-order valence-electron chi connectivity index (χ2n) is 6.56. The van der Waals surface area contributed by atoms with Gasteiger partial charge in [0.05, 0.1) is 15.4 Å². The molecule has 0 amide bonds. The molecule has 32 heavy (non-hydrogen) atoms. The Morgan fingerprint density at radius 2 is 1.91 bits per heavy atom. The summed E-state index contributed by atoms with van der Waals surface area (Å²) >= 11 is 13.4. The van der Waals surface area contributed by atoms with E-state index in [-0.39, 0.29) is 27.8 Å². The molecule has 1 heterocycles. The van der Waals surface area contributed by atoms with Gasteiger partial charge in [-0.3, -0.25) is 19.9 Å². The molecule has 164 valence electrons. The van der Waals surface area contributed by atoms with Crippen molar-refractivity contribution in [3.63, 3.8) is 0 Å². The van der Waals surface area contributed by atoms with Crippen molar-refractivity contribution in [3.05, 3.63) is 78.6 Å². The highest BCUT2D eigenvalue weighted by Crippen LogP contribution is 2.45. The van der Waals surface area contributed by atoms with E-state index in [0.717, 1.165) is 23.5 Å². The van der Waals surface area contributed by atoms with Crippen LogP contribution in [0.15, 0.2) is 47.5 Å². The number of carboxylic acid groups (broad SMARTS) is 1. The van der Waals surface area contributed by atoms with E-state index in [0.29, 0.717) is 21.2 Å². The van der Waals surface area contributed by atoms with Gasteiger partial charge in [-0.05, 0) is 36.8 Å². The Balaban J connectivity index is 1.88. The Labute approximate surface area is 195 Å². The molecule has 0 aliphatic rings. The van der Waals surface area contributed by atoms with Crippen molar-refractivity contribution in [1.82, 2.24) is 0 Å². The number of aromatic carboxylic acids is 1. The van der Waals surface area contributed by atoms with E-state index in [1.807, 2.05) is 0 Å². The van der Waals surface area contributed by atoms with Crippen LogP contribution in [0, 0.1) is 10.1 Å². The van der Waals surface area contributed by atoms with Gasteiger partial charge >= 0.3 is 5.97 Å². The number of Topliss-reactive ketones (excluding diaryl/α,β-unsaturated/α-hetero) is 1. The number of nitro benzene ring substituents is 1. The van der Waals surface area contributed by atoms with Gasteiger partial charge in [0, 0.05) is 22.4 Å². The van der Waals surface area contributed by atoms with E-state index in [1.54, 1.807) is 31.2 Å². The number of benzene rings is 2. The molecule has 0 fully saturated rings. The van der Waals surface area contributed by atoms with Gasteiger partial charge in [-0.15, -0.1) is 11.3 Å². The van der Waals surface area contributed by atoms with Gasteiger partial charge in [-0.2, -0.15) is 0 Å². The lowest BCUT2D eigenvalue weighted by Crippen LogP contribution is -2.09. The molecular weight excluding hydrogens is 479 g/mol. The predicted octanol–water partition coefficient (Wildman–Crippen LogP) is 5.73. The van der Waals surface area contributed by atoms with E-state index < -0.39 is 27.9 Å². The third-order valence-electron chi connectivity index (χ3n) is 4.50. The number of aromatic hydroxyl groups is 1. The molecule has 1 aromatic heterocycles. The number of carbonyl (C=O) groups is 2. The minimum Gasteiger partial charge on any atom is -0.506 e. The number of thiophene rings is 1. The Kier molecular flexibility index (Phi) is 6.93. The van der Waals surface area contributed by atoms with E-state index in [1.165, 1.54) is 6.07 Å². The lowest BCUT2D eigenvalue weighted by atomic mass is 10.1. The summed E-state index contributed by atoms with van der Waals surface area (Å²) in [5.41, 5.74) is -0.0291. The fourth-order valence-corrected chi connectivity index (χ4v) is 4.55. The number of hydrogen-bond acceptors (Lipinski definition) is 7. The van der Waals surface area contributed by atoms with Crippen LogP contribution in [0.1, 0.15) is 33.2 Å². The van der Waals surface area contributed by atoms with Crippen LogP contribution in [0.4, 0.5) is 5.69 Å². The van der Waals surface area contributed by atoms with Crippen LogP contribution in [0.3, 0.4) is 0 Å². The molecular formula is C21H14Cl2N2O6S. The van der Waals surface area contributed by atoms with Crippen molar-refractivity contribution < 1.29 is 24.7 Å². The smallest absolute Gasteiger partial charge is 0.342 e. The lowest BCUT2D eigenvalue weighted by Gasteiger charge is -2.04. The van der Waals surface area contributed by atoms with Gasteiger partial charge in [-0.1, -0.05) is 35.3 Å². The van der Waals surface area contributed by atoms with Crippen molar-refractivity contribution in [1.29, 1.82) is 0 Å². The number of rotatable bonds is 7. The highest BCUT2D eigenvalue weighted by molar-refractivity contribution is 7.20. The van der Waals surface area contributed by atoms with Crippen LogP contribution in [0.5, 0.6) is 5.75 Å². The number of nitrogens with zero attached hydrogens (tertiary/aromatic N) is 2. The Hall–Kier alpha value is -3.27. The maximum absolute atomic E-state index is 12.5. The molecule has 0 aliphatic carbocycles. The molecule has 0 saturated carbocycles. The topological polar surface area (TPSA) is 130 Å². The van der Waals surface area contributed by atoms with Gasteiger partial charge < -0.3 is 10.2 Å². The number of hydrogen-bond donors (Lipinski definition) is 2. The Bertz CT molecular complexity index is 1290. The van der Waals surface area contributed by atoms with E-state index in [2.05, 4.69) is 4.99 Å². The average Bonchev–Trinajstić information content (AvgIpc) is 3.05. The first kappa shape index (κ1) is 23.4. The molecule has 11 heteroatoms. The average molecular weight is 493 g/mol. The summed E-state index contributed by atoms with van der Waals surface area (Å²) in [6, 6.07) is 9.98. The SMILES string of the molecule is CC(=NCC(=O)c1ccc(C(=O)O)c([N+](=O)[O-])c1)c1c(Cl)sc(-c2cccc(Cl)c2)c1O. The molecule has 3 rings (SSSR count).